The van der Waals surface area contributed by atoms with Crippen LogP contribution in [0.5, 0.6) is 5.75 Å². The predicted molar refractivity (Wildman–Crippen MR) is 131 cm³/mol. The molecule has 4 nitrogen and oxygen atoms in total. The fourth-order valence-corrected chi connectivity index (χ4v) is 4.20. The molecule has 1 aliphatic rings. The van der Waals surface area contributed by atoms with Gasteiger partial charge in [0.1, 0.15) is 12.4 Å². The summed E-state index contributed by atoms with van der Waals surface area (Å²) in [6, 6.07) is 23.8. The molecule has 0 saturated carbocycles. The van der Waals surface area contributed by atoms with Crippen LogP contribution in [0.4, 0.5) is 0 Å². The molecular formula is C26H26Cl2N2O2. The SMILES string of the molecule is O=C(Cl)c1ccccc1OCCN1CCN(Cc2ccc(-c3ccc(Cl)cc3)cc2)CC1. The predicted octanol–water partition coefficient (Wildman–Crippen LogP) is 5.58. The zero-order chi connectivity index (χ0) is 22.3. The van der Waals surface area contributed by atoms with Crippen molar-refractivity contribution in [1.82, 2.24) is 9.80 Å². The number of benzene rings is 3. The molecule has 4 rings (SSSR count). The second-order valence-electron chi connectivity index (χ2n) is 7.94. The Kier molecular flexibility index (Phi) is 7.82. The smallest absolute Gasteiger partial charge is 0.256 e. The minimum absolute atomic E-state index is 0.418. The van der Waals surface area contributed by atoms with Crippen LogP contribution in [-0.2, 0) is 6.54 Å². The number of rotatable bonds is 8. The Morgan fingerprint density at radius 3 is 2.06 bits per heavy atom. The molecule has 32 heavy (non-hydrogen) atoms. The van der Waals surface area contributed by atoms with E-state index in [0.29, 0.717) is 17.9 Å². The zero-order valence-corrected chi connectivity index (χ0v) is 19.4. The molecule has 6 heteroatoms. The number of carbonyl (C=O) groups excluding carboxylic acids is 1. The number of hydrogen-bond donors (Lipinski definition) is 0. The van der Waals surface area contributed by atoms with E-state index in [-0.39, 0.29) is 0 Å². The molecule has 1 heterocycles. The Hall–Kier alpha value is -2.37. The van der Waals surface area contributed by atoms with Gasteiger partial charge in [0.25, 0.3) is 5.24 Å². The van der Waals surface area contributed by atoms with Crippen LogP contribution in [0.1, 0.15) is 15.9 Å². The van der Waals surface area contributed by atoms with Crippen molar-refractivity contribution < 1.29 is 9.53 Å². The fourth-order valence-electron chi connectivity index (χ4n) is 3.91. The lowest BCUT2D eigenvalue weighted by atomic mass is 10.0. The van der Waals surface area contributed by atoms with E-state index in [0.717, 1.165) is 44.3 Å². The van der Waals surface area contributed by atoms with E-state index in [1.807, 2.05) is 30.3 Å². The van der Waals surface area contributed by atoms with Crippen molar-refractivity contribution in [3.8, 4) is 16.9 Å². The van der Waals surface area contributed by atoms with Crippen LogP contribution in [-0.4, -0.2) is 54.4 Å². The number of hydrogen-bond acceptors (Lipinski definition) is 4. The van der Waals surface area contributed by atoms with Gasteiger partial charge in [-0.05, 0) is 52.6 Å². The van der Waals surface area contributed by atoms with Gasteiger partial charge in [0.2, 0.25) is 0 Å². The molecule has 0 unspecified atom stereocenters. The van der Waals surface area contributed by atoms with Crippen LogP contribution in [0.3, 0.4) is 0 Å². The lowest BCUT2D eigenvalue weighted by molar-refractivity contribution is 0.106. The highest BCUT2D eigenvalue weighted by molar-refractivity contribution is 6.68. The molecule has 1 aliphatic heterocycles. The fraction of sp³-hybridized carbons (Fsp3) is 0.269. The lowest BCUT2D eigenvalue weighted by Crippen LogP contribution is -2.47. The van der Waals surface area contributed by atoms with Crippen LogP contribution in [0.2, 0.25) is 5.02 Å². The molecule has 1 fully saturated rings. The second-order valence-corrected chi connectivity index (χ2v) is 8.72. The van der Waals surface area contributed by atoms with Crippen molar-refractivity contribution in [2.45, 2.75) is 6.54 Å². The number of piperazine rings is 1. The molecule has 3 aromatic carbocycles. The molecule has 0 aromatic heterocycles. The molecule has 0 aliphatic carbocycles. The molecule has 0 atom stereocenters. The number of ether oxygens (including phenoxy) is 1. The minimum atomic E-state index is -0.490. The van der Waals surface area contributed by atoms with Gasteiger partial charge < -0.3 is 4.74 Å². The summed E-state index contributed by atoms with van der Waals surface area (Å²) >= 11 is 11.6. The topological polar surface area (TPSA) is 32.8 Å². The molecule has 3 aromatic rings. The average molecular weight is 469 g/mol. The van der Waals surface area contributed by atoms with Gasteiger partial charge >= 0.3 is 0 Å². The third-order valence-electron chi connectivity index (χ3n) is 5.77. The summed E-state index contributed by atoms with van der Waals surface area (Å²) in [5.41, 5.74) is 4.12. The molecule has 0 N–H and O–H groups in total. The van der Waals surface area contributed by atoms with Crippen LogP contribution in [0.25, 0.3) is 11.1 Å². The standard InChI is InChI=1S/C26H26Cl2N2O2/c27-23-11-9-22(10-12-23)21-7-5-20(6-8-21)19-30-15-13-29(14-16-30)17-18-32-25-4-2-1-3-24(25)26(28)31/h1-12H,13-19H2. The normalized spacial score (nSPS) is 14.9. The second kappa shape index (κ2) is 11.0. The zero-order valence-electron chi connectivity index (χ0n) is 17.8. The van der Waals surface area contributed by atoms with Crippen LogP contribution in [0.15, 0.2) is 72.8 Å². The van der Waals surface area contributed by atoms with E-state index >= 15 is 0 Å². The van der Waals surface area contributed by atoms with Gasteiger partial charge in [-0.1, -0.05) is 60.1 Å². The Balaban J connectivity index is 1.21. The maximum atomic E-state index is 11.5. The first-order valence-electron chi connectivity index (χ1n) is 10.8. The lowest BCUT2D eigenvalue weighted by Gasteiger charge is -2.34. The maximum absolute atomic E-state index is 11.5. The number of carbonyl (C=O) groups is 1. The van der Waals surface area contributed by atoms with E-state index in [1.165, 1.54) is 16.7 Å². The highest BCUT2D eigenvalue weighted by Gasteiger charge is 2.17. The Bertz CT molecular complexity index is 1030. The number of nitrogens with zero attached hydrogens (tertiary/aromatic N) is 2. The van der Waals surface area contributed by atoms with Gasteiger partial charge in [0, 0.05) is 44.3 Å². The number of halogens is 2. The van der Waals surface area contributed by atoms with Gasteiger partial charge in [0.05, 0.1) is 5.56 Å². The summed E-state index contributed by atoms with van der Waals surface area (Å²) in [7, 11) is 0. The summed E-state index contributed by atoms with van der Waals surface area (Å²) in [6.07, 6.45) is 0. The summed E-state index contributed by atoms with van der Waals surface area (Å²) in [4.78, 5) is 16.4. The van der Waals surface area contributed by atoms with Crippen molar-refractivity contribution in [1.29, 1.82) is 0 Å². The van der Waals surface area contributed by atoms with Crippen LogP contribution in [0, 0.1) is 0 Å². The van der Waals surface area contributed by atoms with E-state index in [2.05, 4.69) is 34.1 Å². The molecule has 0 amide bonds. The summed E-state index contributed by atoms with van der Waals surface area (Å²) in [5, 5.41) is 0.265. The van der Waals surface area contributed by atoms with Crippen molar-refractivity contribution in [3.63, 3.8) is 0 Å². The van der Waals surface area contributed by atoms with Crippen LogP contribution >= 0.6 is 23.2 Å². The molecule has 1 saturated heterocycles. The van der Waals surface area contributed by atoms with Gasteiger partial charge in [-0.15, -0.1) is 0 Å². The van der Waals surface area contributed by atoms with Gasteiger partial charge in [-0.2, -0.15) is 0 Å². The summed E-state index contributed by atoms with van der Waals surface area (Å²) < 4.78 is 5.81. The highest BCUT2D eigenvalue weighted by Crippen LogP contribution is 2.23. The Labute approximate surface area is 199 Å². The van der Waals surface area contributed by atoms with Gasteiger partial charge in [-0.3, -0.25) is 14.6 Å². The largest absolute Gasteiger partial charge is 0.491 e. The number of para-hydroxylation sites is 1. The molecule has 0 spiro atoms. The first-order chi connectivity index (χ1) is 15.6. The molecule has 0 radical (unpaired) electrons. The summed E-state index contributed by atoms with van der Waals surface area (Å²) in [5.74, 6) is 0.549. The Morgan fingerprint density at radius 2 is 1.41 bits per heavy atom. The molecule has 0 bridgehead atoms. The van der Waals surface area contributed by atoms with E-state index in [9.17, 15) is 4.79 Å². The van der Waals surface area contributed by atoms with Crippen molar-refractivity contribution in [3.05, 3.63) is 88.9 Å². The van der Waals surface area contributed by atoms with Crippen molar-refractivity contribution in [2.75, 3.05) is 39.3 Å². The van der Waals surface area contributed by atoms with Gasteiger partial charge in [-0.25, -0.2) is 0 Å². The van der Waals surface area contributed by atoms with Crippen LogP contribution < -0.4 is 4.74 Å². The molecule has 166 valence electrons. The van der Waals surface area contributed by atoms with Gasteiger partial charge in [0.15, 0.2) is 0 Å². The van der Waals surface area contributed by atoms with Crippen molar-refractivity contribution in [2.24, 2.45) is 0 Å². The summed E-state index contributed by atoms with van der Waals surface area (Å²) in [6.45, 7) is 6.37. The average Bonchev–Trinajstić information content (AvgIpc) is 2.81. The van der Waals surface area contributed by atoms with E-state index in [1.54, 1.807) is 18.2 Å². The Morgan fingerprint density at radius 1 is 0.812 bits per heavy atom. The first kappa shape index (κ1) is 22.8. The monoisotopic (exact) mass is 468 g/mol. The third kappa shape index (κ3) is 6.11. The van der Waals surface area contributed by atoms with E-state index in [4.69, 9.17) is 27.9 Å². The highest BCUT2D eigenvalue weighted by atomic mass is 35.5. The third-order valence-corrected chi connectivity index (χ3v) is 6.22. The minimum Gasteiger partial charge on any atom is -0.491 e. The first-order valence-corrected chi connectivity index (χ1v) is 11.6. The maximum Gasteiger partial charge on any atom is 0.256 e. The molecular weight excluding hydrogens is 443 g/mol. The quantitative estimate of drug-likeness (QED) is 0.403. The van der Waals surface area contributed by atoms with E-state index < -0.39 is 5.24 Å². The van der Waals surface area contributed by atoms with Crippen molar-refractivity contribution >= 4 is 28.4 Å².